The van der Waals surface area contributed by atoms with E-state index >= 15 is 0 Å². The molecular weight excluding hydrogens is 344 g/mol. The van der Waals surface area contributed by atoms with Crippen molar-refractivity contribution < 1.29 is 38.1 Å². The molecule has 0 amide bonds. The monoisotopic (exact) mass is 364 g/mol. The van der Waals surface area contributed by atoms with Crippen LogP contribution in [0.1, 0.15) is 30.6 Å². The second-order valence-corrected chi connectivity index (χ2v) is 5.76. The van der Waals surface area contributed by atoms with Crippen LogP contribution in [0.5, 0.6) is 0 Å². The molecule has 8 nitrogen and oxygen atoms in total. The second kappa shape index (κ2) is 9.10. The average Bonchev–Trinajstić information content (AvgIpc) is 2.61. The minimum atomic E-state index is -1.21. The Balaban J connectivity index is 2.08. The van der Waals surface area contributed by atoms with Crippen LogP contribution in [0.15, 0.2) is 30.3 Å². The lowest BCUT2D eigenvalue weighted by atomic mass is 9.99. The number of Topliss-reactive ketones (excluding diaryl/α,β-unsaturated/α-hetero) is 1. The van der Waals surface area contributed by atoms with Gasteiger partial charge in [-0.2, -0.15) is 0 Å². The van der Waals surface area contributed by atoms with E-state index in [9.17, 15) is 19.2 Å². The fourth-order valence-corrected chi connectivity index (χ4v) is 2.45. The van der Waals surface area contributed by atoms with Gasteiger partial charge in [0, 0.05) is 20.3 Å². The Bertz CT molecular complexity index is 669. The van der Waals surface area contributed by atoms with Gasteiger partial charge in [-0.15, -0.1) is 0 Å². The molecule has 2 rings (SSSR count). The van der Waals surface area contributed by atoms with E-state index in [1.165, 1.54) is 13.8 Å². The normalized spacial score (nSPS) is 22.4. The molecule has 0 N–H and O–H groups in total. The Kier molecular flexibility index (Phi) is 6.85. The van der Waals surface area contributed by atoms with Crippen LogP contribution in [0.25, 0.3) is 0 Å². The van der Waals surface area contributed by atoms with E-state index in [0.29, 0.717) is 0 Å². The summed E-state index contributed by atoms with van der Waals surface area (Å²) in [6.45, 7) is 2.08. The number of rotatable bonds is 6. The summed E-state index contributed by atoms with van der Waals surface area (Å²) in [6, 6.07) is 8.19. The molecule has 1 aliphatic rings. The zero-order valence-corrected chi connectivity index (χ0v) is 14.5. The number of hydrogen-bond donors (Lipinski definition) is 0. The van der Waals surface area contributed by atoms with Crippen LogP contribution in [0.4, 0.5) is 0 Å². The largest absolute Gasteiger partial charge is 0.463 e. The van der Waals surface area contributed by atoms with Crippen molar-refractivity contribution in [3.05, 3.63) is 35.9 Å². The fraction of sp³-hybridized carbons (Fsp3) is 0.444. The standard InChI is InChI=1S/C18H20O8/c1-11(19)23-9-14-8-15(21)17(16(25-14)10-24-12(2)20)26-18(22)13-6-4-3-5-7-13/h3-7,14,16-17H,8-10H2,1-2H3/t14-,16-,17-/m1/s1. The molecule has 1 aromatic rings. The van der Waals surface area contributed by atoms with Crippen molar-refractivity contribution >= 4 is 23.7 Å². The zero-order chi connectivity index (χ0) is 19.1. The molecule has 1 saturated heterocycles. The quantitative estimate of drug-likeness (QED) is 0.545. The predicted molar refractivity (Wildman–Crippen MR) is 87.2 cm³/mol. The van der Waals surface area contributed by atoms with Crippen molar-refractivity contribution in [2.75, 3.05) is 13.2 Å². The van der Waals surface area contributed by atoms with Crippen molar-refractivity contribution in [2.24, 2.45) is 0 Å². The Labute approximate surface area is 150 Å². The van der Waals surface area contributed by atoms with Crippen LogP contribution in [0, 0.1) is 0 Å². The van der Waals surface area contributed by atoms with E-state index in [1.807, 2.05) is 0 Å². The minimum absolute atomic E-state index is 0.0867. The maximum atomic E-state index is 12.4. The molecule has 1 heterocycles. The topological polar surface area (TPSA) is 105 Å². The molecule has 0 aromatic heterocycles. The number of carbonyl (C=O) groups is 4. The highest BCUT2D eigenvalue weighted by Crippen LogP contribution is 2.22. The van der Waals surface area contributed by atoms with Gasteiger partial charge in [-0.05, 0) is 12.1 Å². The molecule has 3 atom stereocenters. The van der Waals surface area contributed by atoms with Gasteiger partial charge >= 0.3 is 17.9 Å². The van der Waals surface area contributed by atoms with Gasteiger partial charge in [0.1, 0.15) is 19.3 Å². The Morgan fingerprint density at radius 1 is 1.04 bits per heavy atom. The molecule has 0 spiro atoms. The molecule has 1 aromatic carbocycles. The lowest BCUT2D eigenvalue weighted by Crippen LogP contribution is -2.51. The summed E-state index contributed by atoms with van der Waals surface area (Å²) in [5.74, 6) is -2.14. The fourth-order valence-electron chi connectivity index (χ4n) is 2.45. The maximum absolute atomic E-state index is 12.4. The van der Waals surface area contributed by atoms with E-state index in [1.54, 1.807) is 30.3 Å². The summed E-state index contributed by atoms with van der Waals surface area (Å²) >= 11 is 0. The van der Waals surface area contributed by atoms with Gasteiger partial charge in [0.05, 0.1) is 11.7 Å². The Morgan fingerprint density at radius 2 is 1.65 bits per heavy atom. The molecule has 0 aliphatic carbocycles. The van der Waals surface area contributed by atoms with Gasteiger partial charge < -0.3 is 18.9 Å². The Morgan fingerprint density at radius 3 is 2.27 bits per heavy atom. The molecule has 140 valence electrons. The molecular formula is C18H20O8. The van der Waals surface area contributed by atoms with Crippen molar-refractivity contribution in [1.82, 2.24) is 0 Å². The van der Waals surface area contributed by atoms with Crippen LogP contribution in [-0.4, -0.2) is 55.2 Å². The molecule has 26 heavy (non-hydrogen) atoms. The number of hydrogen-bond acceptors (Lipinski definition) is 8. The van der Waals surface area contributed by atoms with Crippen LogP contribution >= 0.6 is 0 Å². The summed E-state index contributed by atoms with van der Waals surface area (Å²) in [6.07, 6.45) is -2.97. The molecule has 0 saturated carbocycles. The third kappa shape index (κ3) is 5.66. The lowest BCUT2D eigenvalue weighted by Gasteiger charge is -2.34. The predicted octanol–water partition coefficient (Wildman–Crippen LogP) is 1.06. The highest BCUT2D eigenvalue weighted by molar-refractivity contribution is 5.93. The number of carbonyl (C=O) groups excluding carboxylic acids is 4. The van der Waals surface area contributed by atoms with Crippen molar-refractivity contribution in [3.63, 3.8) is 0 Å². The first-order chi connectivity index (χ1) is 12.4. The summed E-state index contributed by atoms with van der Waals surface area (Å²) in [7, 11) is 0. The number of benzene rings is 1. The smallest absolute Gasteiger partial charge is 0.338 e. The second-order valence-electron chi connectivity index (χ2n) is 5.76. The number of ketones is 1. The van der Waals surface area contributed by atoms with E-state index in [-0.39, 0.29) is 25.2 Å². The summed E-state index contributed by atoms with van der Waals surface area (Å²) in [5.41, 5.74) is 0.286. The molecule has 0 radical (unpaired) electrons. The molecule has 0 bridgehead atoms. The van der Waals surface area contributed by atoms with Crippen LogP contribution in [0.3, 0.4) is 0 Å². The highest BCUT2D eigenvalue weighted by atomic mass is 16.6. The average molecular weight is 364 g/mol. The Hall–Kier alpha value is -2.74. The lowest BCUT2D eigenvalue weighted by molar-refractivity contribution is -0.180. The molecule has 1 fully saturated rings. The van der Waals surface area contributed by atoms with Crippen LogP contribution in [-0.2, 0) is 33.3 Å². The third-order valence-corrected chi connectivity index (χ3v) is 3.62. The van der Waals surface area contributed by atoms with Gasteiger partial charge in [0.25, 0.3) is 0 Å². The first-order valence-corrected chi connectivity index (χ1v) is 8.07. The maximum Gasteiger partial charge on any atom is 0.338 e. The van der Waals surface area contributed by atoms with Crippen LogP contribution < -0.4 is 0 Å². The number of esters is 3. The van der Waals surface area contributed by atoms with Gasteiger partial charge in [0.15, 0.2) is 11.9 Å². The van der Waals surface area contributed by atoms with Crippen molar-refractivity contribution in [3.8, 4) is 0 Å². The first kappa shape index (κ1) is 19.6. The van der Waals surface area contributed by atoms with E-state index < -0.39 is 42.0 Å². The van der Waals surface area contributed by atoms with Crippen molar-refractivity contribution in [1.29, 1.82) is 0 Å². The van der Waals surface area contributed by atoms with Gasteiger partial charge in [0.2, 0.25) is 0 Å². The number of ether oxygens (including phenoxy) is 4. The molecule has 1 aliphatic heterocycles. The first-order valence-electron chi connectivity index (χ1n) is 8.07. The van der Waals surface area contributed by atoms with Gasteiger partial charge in [-0.25, -0.2) is 4.79 Å². The van der Waals surface area contributed by atoms with E-state index in [4.69, 9.17) is 18.9 Å². The zero-order valence-electron chi connectivity index (χ0n) is 14.5. The third-order valence-electron chi connectivity index (χ3n) is 3.62. The summed E-state index contributed by atoms with van der Waals surface area (Å²) in [5, 5.41) is 0. The van der Waals surface area contributed by atoms with E-state index in [0.717, 1.165) is 0 Å². The molecule has 0 unspecified atom stereocenters. The highest BCUT2D eigenvalue weighted by Gasteiger charge is 2.41. The molecule has 8 heteroatoms. The minimum Gasteiger partial charge on any atom is -0.463 e. The van der Waals surface area contributed by atoms with Gasteiger partial charge in [-0.3, -0.25) is 14.4 Å². The SMILES string of the molecule is CC(=O)OC[C@H]1CC(=O)[C@@H](OC(=O)c2ccccc2)[C@@H](COC(C)=O)O1. The van der Waals surface area contributed by atoms with Crippen LogP contribution in [0.2, 0.25) is 0 Å². The summed E-state index contributed by atoms with van der Waals surface area (Å²) < 4.78 is 20.7. The van der Waals surface area contributed by atoms with E-state index in [2.05, 4.69) is 0 Å². The van der Waals surface area contributed by atoms with Crippen molar-refractivity contribution in [2.45, 2.75) is 38.6 Å². The van der Waals surface area contributed by atoms with Gasteiger partial charge in [-0.1, -0.05) is 18.2 Å². The summed E-state index contributed by atoms with van der Waals surface area (Å²) in [4.78, 5) is 46.7.